The van der Waals surface area contributed by atoms with Gasteiger partial charge < -0.3 is 5.32 Å². The molecule has 2 N–H and O–H groups in total. The molecule has 0 amide bonds. The number of nitrogens with one attached hydrogen (secondary N) is 2. The first-order valence-corrected chi connectivity index (χ1v) is 8.36. The van der Waals surface area contributed by atoms with Crippen molar-refractivity contribution in [2.45, 2.75) is 52.5 Å². The van der Waals surface area contributed by atoms with Gasteiger partial charge in [0, 0.05) is 19.6 Å². The van der Waals surface area contributed by atoms with E-state index in [0.717, 1.165) is 38.8 Å². The largest absolute Gasteiger partial charge is 0.317 e. The van der Waals surface area contributed by atoms with Crippen molar-refractivity contribution in [3.63, 3.8) is 0 Å². The molecule has 0 radical (unpaired) electrons. The third kappa shape index (κ3) is 7.31. The Morgan fingerprint density at radius 2 is 1.89 bits per heavy atom. The molecule has 0 aromatic rings. The third-order valence-electron chi connectivity index (χ3n) is 2.93. The standard InChI is InChI=1S/C12H29N3O2S/c1-5-9-12(6-2)14-18(16,17)15(4)11-8-10-13-7-3/h12-14H,5-11H2,1-4H3. The summed E-state index contributed by atoms with van der Waals surface area (Å²) >= 11 is 0. The van der Waals surface area contributed by atoms with Crippen molar-refractivity contribution >= 4 is 10.2 Å². The van der Waals surface area contributed by atoms with Gasteiger partial charge >= 0.3 is 0 Å². The van der Waals surface area contributed by atoms with Gasteiger partial charge in [-0.15, -0.1) is 0 Å². The van der Waals surface area contributed by atoms with Crippen molar-refractivity contribution in [3.05, 3.63) is 0 Å². The summed E-state index contributed by atoms with van der Waals surface area (Å²) < 4.78 is 28.2. The van der Waals surface area contributed by atoms with Crippen molar-refractivity contribution in [2.75, 3.05) is 26.7 Å². The second kappa shape index (κ2) is 9.72. The summed E-state index contributed by atoms with van der Waals surface area (Å²) in [5, 5.41) is 3.19. The Balaban J connectivity index is 4.17. The lowest BCUT2D eigenvalue weighted by Gasteiger charge is -2.22. The summed E-state index contributed by atoms with van der Waals surface area (Å²) in [6, 6.07) is 0.0521. The molecule has 0 aromatic carbocycles. The molecule has 0 saturated heterocycles. The van der Waals surface area contributed by atoms with Crippen LogP contribution < -0.4 is 10.0 Å². The van der Waals surface area contributed by atoms with E-state index in [2.05, 4.69) is 17.0 Å². The first-order chi connectivity index (χ1) is 8.47. The predicted molar refractivity (Wildman–Crippen MR) is 76.8 cm³/mol. The lowest BCUT2D eigenvalue weighted by atomic mass is 10.1. The van der Waals surface area contributed by atoms with Crippen molar-refractivity contribution in [1.29, 1.82) is 0 Å². The highest BCUT2D eigenvalue weighted by molar-refractivity contribution is 7.87. The van der Waals surface area contributed by atoms with E-state index < -0.39 is 10.2 Å². The molecule has 18 heavy (non-hydrogen) atoms. The van der Waals surface area contributed by atoms with Crippen LogP contribution in [0.25, 0.3) is 0 Å². The maximum atomic E-state index is 12.0. The quantitative estimate of drug-likeness (QED) is 0.561. The van der Waals surface area contributed by atoms with Crippen LogP contribution in [0, 0.1) is 0 Å². The molecule has 0 rings (SSSR count). The first kappa shape index (κ1) is 17.8. The second-order valence-corrected chi connectivity index (χ2v) is 6.35. The second-order valence-electron chi connectivity index (χ2n) is 4.55. The molecule has 1 atom stereocenters. The Hall–Kier alpha value is -0.170. The fraction of sp³-hybridized carbons (Fsp3) is 1.00. The van der Waals surface area contributed by atoms with E-state index in [-0.39, 0.29) is 6.04 Å². The van der Waals surface area contributed by atoms with Gasteiger partial charge in [0.1, 0.15) is 0 Å². The minimum Gasteiger partial charge on any atom is -0.317 e. The maximum Gasteiger partial charge on any atom is 0.279 e. The lowest BCUT2D eigenvalue weighted by Crippen LogP contribution is -2.44. The average molecular weight is 279 g/mol. The molecular weight excluding hydrogens is 250 g/mol. The van der Waals surface area contributed by atoms with Crippen LogP contribution in [-0.2, 0) is 10.2 Å². The summed E-state index contributed by atoms with van der Waals surface area (Å²) in [5.74, 6) is 0. The molecular formula is C12H29N3O2S. The monoisotopic (exact) mass is 279 g/mol. The van der Waals surface area contributed by atoms with Gasteiger partial charge in [-0.2, -0.15) is 17.4 Å². The van der Waals surface area contributed by atoms with Crippen molar-refractivity contribution in [1.82, 2.24) is 14.3 Å². The van der Waals surface area contributed by atoms with E-state index >= 15 is 0 Å². The molecule has 0 spiro atoms. The molecule has 0 heterocycles. The summed E-state index contributed by atoms with van der Waals surface area (Å²) in [6.45, 7) is 8.43. The maximum absolute atomic E-state index is 12.0. The van der Waals surface area contributed by atoms with Crippen LogP contribution in [0.5, 0.6) is 0 Å². The van der Waals surface area contributed by atoms with Gasteiger partial charge in [-0.25, -0.2) is 0 Å². The molecule has 0 aliphatic carbocycles. The normalized spacial score (nSPS) is 14.1. The molecule has 0 aliphatic heterocycles. The van der Waals surface area contributed by atoms with Gasteiger partial charge in [0.05, 0.1) is 0 Å². The summed E-state index contributed by atoms with van der Waals surface area (Å²) in [5.41, 5.74) is 0. The van der Waals surface area contributed by atoms with Crippen LogP contribution in [0.1, 0.15) is 46.5 Å². The van der Waals surface area contributed by atoms with Crippen LogP contribution in [0.3, 0.4) is 0 Å². The SMILES string of the molecule is CCCC(CC)NS(=O)(=O)N(C)CCCNCC. The van der Waals surface area contributed by atoms with Crippen LogP contribution in [0.4, 0.5) is 0 Å². The average Bonchev–Trinajstić information content (AvgIpc) is 2.33. The molecule has 0 saturated carbocycles. The smallest absolute Gasteiger partial charge is 0.279 e. The van der Waals surface area contributed by atoms with Crippen LogP contribution >= 0.6 is 0 Å². The van der Waals surface area contributed by atoms with Crippen molar-refractivity contribution in [2.24, 2.45) is 0 Å². The minimum absolute atomic E-state index is 0.0521. The zero-order valence-corrected chi connectivity index (χ0v) is 13.0. The number of nitrogens with zero attached hydrogens (tertiary/aromatic N) is 1. The first-order valence-electron chi connectivity index (χ1n) is 6.92. The third-order valence-corrected chi connectivity index (χ3v) is 4.57. The minimum atomic E-state index is -3.33. The van der Waals surface area contributed by atoms with Gasteiger partial charge in [0.25, 0.3) is 10.2 Å². The Labute approximate surface area is 113 Å². The van der Waals surface area contributed by atoms with Gasteiger partial charge in [-0.3, -0.25) is 0 Å². The van der Waals surface area contributed by atoms with E-state index in [1.807, 2.05) is 13.8 Å². The fourth-order valence-corrected chi connectivity index (χ4v) is 2.97. The summed E-state index contributed by atoms with van der Waals surface area (Å²) in [6.07, 6.45) is 3.54. The van der Waals surface area contributed by atoms with E-state index in [0.29, 0.717) is 6.54 Å². The number of hydrogen-bond acceptors (Lipinski definition) is 3. The molecule has 5 nitrogen and oxygen atoms in total. The van der Waals surface area contributed by atoms with E-state index in [4.69, 9.17) is 0 Å². The highest BCUT2D eigenvalue weighted by atomic mass is 32.2. The fourth-order valence-electron chi connectivity index (χ4n) is 1.72. The lowest BCUT2D eigenvalue weighted by molar-refractivity contribution is 0.427. The zero-order valence-electron chi connectivity index (χ0n) is 12.2. The van der Waals surface area contributed by atoms with E-state index in [9.17, 15) is 8.42 Å². The van der Waals surface area contributed by atoms with Crippen molar-refractivity contribution < 1.29 is 8.42 Å². The summed E-state index contributed by atoms with van der Waals surface area (Å²) in [4.78, 5) is 0. The van der Waals surface area contributed by atoms with Gasteiger partial charge in [0.15, 0.2) is 0 Å². The topological polar surface area (TPSA) is 61.4 Å². The molecule has 110 valence electrons. The summed E-state index contributed by atoms with van der Waals surface area (Å²) in [7, 11) is -1.69. The Morgan fingerprint density at radius 3 is 2.39 bits per heavy atom. The Morgan fingerprint density at radius 1 is 1.22 bits per heavy atom. The van der Waals surface area contributed by atoms with Crippen LogP contribution in [0.2, 0.25) is 0 Å². The molecule has 1 unspecified atom stereocenters. The Kier molecular flexibility index (Phi) is 9.63. The highest BCUT2D eigenvalue weighted by Crippen LogP contribution is 2.05. The molecule has 0 aromatic heterocycles. The van der Waals surface area contributed by atoms with E-state index in [1.165, 1.54) is 4.31 Å². The zero-order chi connectivity index (χ0) is 14.0. The molecule has 0 fully saturated rings. The number of rotatable bonds is 11. The van der Waals surface area contributed by atoms with Crippen molar-refractivity contribution in [3.8, 4) is 0 Å². The van der Waals surface area contributed by atoms with Gasteiger partial charge in [0.2, 0.25) is 0 Å². The van der Waals surface area contributed by atoms with Crippen LogP contribution in [-0.4, -0.2) is 45.4 Å². The Bertz CT molecular complexity index is 294. The number of hydrogen-bond donors (Lipinski definition) is 2. The molecule has 6 heteroatoms. The molecule has 0 aliphatic rings. The van der Waals surface area contributed by atoms with E-state index in [1.54, 1.807) is 7.05 Å². The van der Waals surface area contributed by atoms with Gasteiger partial charge in [-0.05, 0) is 32.4 Å². The predicted octanol–water partition coefficient (Wildman–Crippen LogP) is 1.33. The highest BCUT2D eigenvalue weighted by Gasteiger charge is 2.20. The molecule has 0 bridgehead atoms. The van der Waals surface area contributed by atoms with Crippen LogP contribution in [0.15, 0.2) is 0 Å². The van der Waals surface area contributed by atoms with Gasteiger partial charge in [-0.1, -0.05) is 27.2 Å².